The molecule has 12 aromatic rings. The molecule has 2 aliphatic heterocycles. The summed E-state index contributed by atoms with van der Waals surface area (Å²) < 4.78 is 17.9. The minimum Gasteiger partial charge on any atom is -0.456 e. The third kappa shape index (κ3) is 5.48. The van der Waals surface area contributed by atoms with Gasteiger partial charge in [-0.05, 0) is 110 Å². The number of anilines is 2. The van der Waals surface area contributed by atoms with Crippen LogP contribution >= 0.6 is 11.3 Å². The van der Waals surface area contributed by atoms with Crippen LogP contribution in [0.4, 0.5) is 11.4 Å². The summed E-state index contributed by atoms with van der Waals surface area (Å²) in [5.74, 6) is 0. The molecule has 0 amide bonds. The van der Waals surface area contributed by atoms with Crippen molar-refractivity contribution in [1.29, 1.82) is 0 Å². The molecule has 4 aromatic heterocycles. The van der Waals surface area contributed by atoms with Gasteiger partial charge in [-0.15, -0.1) is 11.3 Å². The molecule has 0 atom stereocenters. The van der Waals surface area contributed by atoms with Crippen molar-refractivity contribution < 1.29 is 8.83 Å². The summed E-state index contributed by atoms with van der Waals surface area (Å²) in [7, 11) is 0. The van der Waals surface area contributed by atoms with Crippen LogP contribution < -0.4 is 15.7 Å². The number of thiazole rings is 1. The van der Waals surface area contributed by atoms with Crippen molar-refractivity contribution in [3.05, 3.63) is 156 Å². The molecule has 0 bridgehead atoms. The summed E-state index contributed by atoms with van der Waals surface area (Å²) in [6, 6.07) is 52.1. The standard InChI is InChI=1S/C61H50BN3O2S/c1-59(2,3)34-19-23-37(24-20-34)65-46-29-40-38-25-21-36(61(7,8)9)28-49(38)66-50(40)30-42(46)52-53-39-17-13-14-18-48(39)67-57(53)54-41-27-35(60(4,5)6)22-26-45(41)64-47-32-51-44(31-43(47)62(65)55(52)56(54)64)63-58(68-51)33-15-11-10-12-16-33/h10-32H,1-9H3. The largest absolute Gasteiger partial charge is 0.456 e. The second-order valence-corrected chi connectivity index (χ2v) is 23.4. The minimum absolute atomic E-state index is 0.00417. The van der Waals surface area contributed by atoms with E-state index in [-0.39, 0.29) is 23.1 Å². The number of aromatic nitrogens is 2. The molecule has 0 aliphatic carbocycles. The average Bonchev–Trinajstić information content (AvgIpc) is 4.09. The zero-order valence-electron chi connectivity index (χ0n) is 39.9. The molecule has 0 saturated carbocycles. The summed E-state index contributed by atoms with van der Waals surface area (Å²) >= 11 is 1.77. The van der Waals surface area contributed by atoms with Gasteiger partial charge in [0.25, 0.3) is 0 Å². The van der Waals surface area contributed by atoms with Gasteiger partial charge in [-0.2, -0.15) is 0 Å². The number of nitrogens with zero attached hydrogens (tertiary/aromatic N) is 3. The molecule has 0 fully saturated rings. The van der Waals surface area contributed by atoms with Gasteiger partial charge in [-0.25, -0.2) is 4.98 Å². The third-order valence-electron chi connectivity index (χ3n) is 15.1. The van der Waals surface area contributed by atoms with Crippen LogP contribution in [0.5, 0.6) is 0 Å². The van der Waals surface area contributed by atoms with Gasteiger partial charge in [-0.1, -0.05) is 141 Å². The van der Waals surface area contributed by atoms with E-state index < -0.39 is 0 Å². The quantitative estimate of drug-likeness (QED) is 0.162. The van der Waals surface area contributed by atoms with Gasteiger partial charge in [-0.3, -0.25) is 0 Å². The summed E-state index contributed by atoms with van der Waals surface area (Å²) in [6.45, 7) is 20.4. The van der Waals surface area contributed by atoms with Crippen molar-refractivity contribution in [3.63, 3.8) is 0 Å². The Balaban J connectivity index is 1.19. The van der Waals surface area contributed by atoms with E-state index in [0.717, 1.165) is 87.0 Å². The van der Waals surface area contributed by atoms with Crippen molar-refractivity contribution in [1.82, 2.24) is 9.55 Å². The van der Waals surface area contributed by atoms with Crippen LogP contribution in [0.15, 0.2) is 148 Å². The number of rotatable bonds is 2. The summed E-state index contributed by atoms with van der Waals surface area (Å²) in [5.41, 5.74) is 20.1. The molecule has 68 heavy (non-hydrogen) atoms. The Morgan fingerprint density at radius 2 is 1.24 bits per heavy atom. The fourth-order valence-electron chi connectivity index (χ4n) is 11.5. The van der Waals surface area contributed by atoms with Crippen LogP contribution in [0, 0.1) is 0 Å². The highest BCUT2D eigenvalue weighted by atomic mass is 32.1. The lowest BCUT2D eigenvalue weighted by atomic mass is 9.43. The normalized spacial score (nSPS) is 13.9. The molecule has 0 unspecified atom stereocenters. The predicted molar refractivity (Wildman–Crippen MR) is 289 cm³/mol. The van der Waals surface area contributed by atoms with Crippen LogP contribution in [0.3, 0.4) is 0 Å². The molecular weight excluding hydrogens is 850 g/mol. The van der Waals surface area contributed by atoms with Crippen LogP contribution in [-0.2, 0) is 16.2 Å². The zero-order chi connectivity index (χ0) is 46.3. The number of fused-ring (bicyclic) bond motifs is 17. The Morgan fingerprint density at radius 1 is 0.544 bits per heavy atom. The number of hydrogen-bond acceptors (Lipinski definition) is 5. The van der Waals surface area contributed by atoms with Crippen molar-refractivity contribution in [3.8, 4) is 27.4 Å². The predicted octanol–water partition coefficient (Wildman–Crippen LogP) is 16.0. The van der Waals surface area contributed by atoms with Gasteiger partial charge in [0.05, 0.1) is 26.6 Å². The second-order valence-electron chi connectivity index (χ2n) is 22.4. The Kier molecular flexibility index (Phi) is 7.84. The molecule has 8 aromatic carbocycles. The molecule has 330 valence electrons. The first kappa shape index (κ1) is 40.0. The van der Waals surface area contributed by atoms with E-state index in [4.69, 9.17) is 13.8 Å². The van der Waals surface area contributed by atoms with Gasteiger partial charge in [0.15, 0.2) is 0 Å². The van der Waals surface area contributed by atoms with Crippen LogP contribution in [0.25, 0.3) is 103 Å². The van der Waals surface area contributed by atoms with E-state index >= 15 is 0 Å². The number of hydrogen-bond donors (Lipinski definition) is 0. The molecule has 14 rings (SSSR count). The van der Waals surface area contributed by atoms with Crippen molar-refractivity contribution in [2.45, 2.75) is 78.6 Å². The highest BCUT2D eigenvalue weighted by Crippen LogP contribution is 2.53. The van der Waals surface area contributed by atoms with E-state index in [2.05, 4.69) is 211 Å². The summed E-state index contributed by atoms with van der Waals surface area (Å²) in [5, 5.41) is 7.87. The lowest BCUT2D eigenvalue weighted by Gasteiger charge is -2.42. The SMILES string of the molecule is CC(C)(C)c1ccc(N2B3c4cc5nc(-c6ccccc6)sc5cc4-n4c5ccc(C(C)(C)C)cc5c5c6oc7ccccc7c6c(c3c54)-c3cc4oc5cc(C(C)(C)C)ccc5c4cc32)cc1. The van der Waals surface area contributed by atoms with Gasteiger partial charge in [0.2, 0.25) is 0 Å². The van der Waals surface area contributed by atoms with Crippen LogP contribution in [0.1, 0.15) is 79.0 Å². The maximum absolute atomic E-state index is 7.24. The van der Waals surface area contributed by atoms with Crippen LogP contribution in [0.2, 0.25) is 0 Å². The van der Waals surface area contributed by atoms with Crippen molar-refractivity contribution in [2.24, 2.45) is 0 Å². The Bertz CT molecular complexity index is 4150. The molecule has 0 radical (unpaired) electrons. The summed E-state index contributed by atoms with van der Waals surface area (Å²) in [4.78, 5) is 8.05. The summed E-state index contributed by atoms with van der Waals surface area (Å²) in [6.07, 6.45) is 0. The first-order valence-corrected chi connectivity index (χ1v) is 24.8. The Hall–Kier alpha value is -7.09. The number of para-hydroxylation sites is 1. The first-order valence-electron chi connectivity index (χ1n) is 24.0. The topological polar surface area (TPSA) is 47.3 Å². The van der Waals surface area contributed by atoms with Crippen molar-refractivity contribution in [2.75, 3.05) is 4.81 Å². The van der Waals surface area contributed by atoms with Gasteiger partial charge >= 0.3 is 6.85 Å². The molecule has 0 spiro atoms. The molecule has 5 nitrogen and oxygen atoms in total. The van der Waals surface area contributed by atoms with E-state index in [1.54, 1.807) is 11.3 Å². The number of furan rings is 2. The monoisotopic (exact) mass is 899 g/mol. The molecule has 0 saturated heterocycles. The molecule has 2 aliphatic rings. The fraction of sp³-hybridized carbons (Fsp3) is 0.197. The Labute approximate surface area is 399 Å². The van der Waals surface area contributed by atoms with Crippen LogP contribution in [-0.4, -0.2) is 16.4 Å². The van der Waals surface area contributed by atoms with E-state index in [1.807, 2.05) is 0 Å². The highest BCUT2D eigenvalue weighted by Gasteiger charge is 2.47. The maximum atomic E-state index is 7.24. The van der Waals surface area contributed by atoms with E-state index in [0.29, 0.717) is 0 Å². The van der Waals surface area contributed by atoms with Gasteiger partial charge in [0, 0.05) is 55.1 Å². The van der Waals surface area contributed by atoms with Gasteiger partial charge < -0.3 is 18.2 Å². The van der Waals surface area contributed by atoms with Crippen molar-refractivity contribution >= 4 is 116 Å². The highest BCUT2D eigenvalue weighted by molar-refractivity contribution is 7.21. The first-order chi connectivity index (χ1) is 32.6. The smallest absolute Gasteiger partial charge is 0.333 e. The third-order valence-corrected chi connectivity index (χ3v) is 16.1. The second kappa shape index (κ2) is 13.3. The molecule has 0 N–H and O–H groups in total. The lowest BCUT2D eigenvalue weighted by molar-refractivity contribution is 0.587. The lowest BCUT2D eigenvalue weighted by Crippen LogP contribution is -2.60. The molecular formula is C61H50BN3O2S. The minimum atomic E-state index is -0.221. The Morgan fingerprint density at radius 3 is 2.00 bits per heavy atom. The van der Waals surface area contributed by atoms with E-state index in [9.17, 15) is 0 Å². The number of benzene rings is 8. The zero-order valence-corrected chi connectivity index (χ0v) is 40.7. The fourth-order valence-corrected chi connectivity index (χ4v) is 12.5. The van der Waals surface area contributed by atoms with E-state index in [1.165, 1.54) is 55.3 Å². The average molecular weight is 900 g/mol. The van der Waals surface area contributed by atoms with Gasteiger partial charge in [0.1, 0.15) is 27.3 Å². The maximum Gasteiger partial charge on any atom is 0.333 e. The molecule has 7 heteroatoms. The molecule has 6 heterocycles.